The van der Waals surface area contributed by atoms with E-state index in [0.717, 1.165) is 39.0 Å². The highest BCUT2D eigenvalue weighted by molar-refractivity contribution is 7.27. The van der Waals surface area contributed by atoms with Crippen LogP contribution < -0.4 is 0 Å². The van der Waals surface area contributed by atoms with Crippen LogP contribution in [0.25, 0.3) is 103 Å². The second-order valence-corrected chi connectivity index (χ2v) is 14.4. The number of benzene rings is 8. The maximum Gasteiger partial charge on any atom is 0.160 e. The molecule has 0 unspecified atom stereocenters. The molecule has 3 aromatic heterocycles. The van der Waals surface area contributed by atoms with E-state index in [1.54, 1.807) is 0 Å². The minimum atomic E-state index is 0.706. The predicted molar refractivity (Wildman–Crippen MR) is 221 cm³/mol. The number of para-hydroxylation sites is 2. The number of thiophene rings is 1. The Hall–Kier alpha value is -6.62. The number of hydrogen-bond acceptors (Lipinski definition) is 3. The van der Waals surface area contributed by atoms with Gasteiger partial charge in [0.2, 0.25) is 0 Å². The molecule has 0 aliphatic carbocycles. The predicted octanol–water partition coefficient (Wildman–Crippen LogP) is 13.2. The summed E-state index contributed by atoms with van der Waals surface area (Å²) in [6, 6.07) is 62.8. The minimum Gasteiger partial charge on any atom is -0.309 e. The van der Waals surface area contributed by atoms with Crippen LogP contribution in [-0.4, -0.2) is 14.5 Å². The molecule has 242 valence electrons. The van der Waals surface area contributed by atoms with Crippen molar-refractivity contribution < 1.29 is 0 Å². The van der Waals surface area contributed by atoms with Gasteiger partial charge in [-0.2, -0.15) is 0 Å². The van der Waals surface area contributed by atoms with E-state index in [4.69, 9.17) is 9.97 Å². The third-order valence-electron chi connectivity index (χ3n) is 10.4. The summed E-state index contributed by atoms with van der Waals surface area (Å²) in [5.74, 6) is 0.706. The normalized spacial score (nSPS) is 11.8. The third-order valence-corrected chi connectivity index (χ3v) is 11.6. The lowest BCUT2D eigenvalue weighted by molar-refractivity contribution is 1.17. The van der Waals surface area contributed by atoms with Gasteiger partial charge in [0, 0.05) is 63.9 Å². The molecule has 3 heterocycles. The molecule has 0 saturated heterocycles. The van der Waals surface area contributed by atoms with E-state index >= 15 is 0 Å². The number of nitrogens with zero attached hydrogens (tertiary/aromatic N) is 3. The maximum atomic E-state index is 5.32. The molecule has 0 atom stereocenters. The molecule has 0 bridgehead atoms. The molecule has 11 aromatic rings. The third kappa shape index (κ3) is 4.38. The summed E-state index contributed by atoms with van der Waals surface area (Å²) in [7, 11) is 0. The molecule has 52 heavy (non-hydrogen) atoms. The molecular weight excluding hydrogens is 651 g/mol. The number of rotatable bonds is 4. The van der Waals surface area contributed by atoms with Crippen molar-refractivity contribution in [1.29, 1.82) is 0 Å². The Morgan fingerprint density at radius 3 is 1.96 bits per heavy atom. The average Bonchev–Trinajstić information content (AvgIpc) is 3.78. The molecule has 0 fully saturated rings. The Balaban J connectivity index is 1.17. The smallest absolute Gasteiger partial charge is 0.160 e. The average molecular weight is 680 g/mol. The van der Waals surface area contributed by atoms with Crippen molar-refractivity contribution in [1.82, 2.24) is 14.5 Å². The van der Waals surface area contributed by atoms with Gasteiger partial charge in [0.15, 0.2) is 5.82 Å². The van der Waals surface area contributed by atoms with Crippen molar-refractivity contribution in [2.45, 2.75) is 0 Å². The van der Waals surface area contributed by atoms with Crippen LogP contribution in [0.4, 0.5) is 0 Å². The van der Waals surface area contributed by atoms with Crippen molar-refractivity contribution in [3.63, 3.8) is 0 Å². The first-order valence-electron chi connectivity index (χ1n) is 17.6. The second-order valence-electron chi connectivity index (χ2n) is 13.3. The van der Waals surface area contributed by atoms with Crippen molar-refractivity contribution in [3.05, 3.63) is 176 Å². The number of hydrogen-bond donors (Lipinski definition) is 0. The van der Waals surface area contributed by atoms with E-state index in [0.29, 0.717) is 5.82 Å². The molecule has 4 heteroatoms. The summed E-state index contributed by atoms with van der Waals surface area (Å²) in [5.41, 5.74) is 9.73. The van der Waals surface area contributed by atoms with Crippen molar-refractivity contribution in [2.75, 3.05) is 0 Å². The minimum absolute atomic E-state index is 0.706. The van der Waals surface area contributed by atoms with Crippen LogP contribution in [0.1, 0.15) is 0 Å². The van der Waals surface area contributed by atoms with Gasteiger partial charge < -0.3 is 4.57 Å². The lowest BCUT2D eigenvalue weighted by Gasteiger charge is -2.13. The topological polar surface area (TPSA) is 30.7 Å². The highest BCUT2D eigenvalue weighted by Crippen LogP contribution is 2.48. The fraction of sp³-hybridized carbons (Fsp3) is 0. The molecule has 0 amide bonds. The van der Waals surface area contributed by atoms with Gasteiger partial charge >= 0.3 is 0 Å². The molecule has 8 aromatic carbocycles. The Morgan fingerprint density at radius 2 is 1.08 bits per heavy atom. The maximum absolute atomic E-state index is 5.32. The van der Waals surface area contributed by atoms with Crippen LogP contribution in [0.3, 0.4) is 0 Å². The second kappa shape index (κ2) is 11.5. The monoisotopic (exact) mass is 679 g/mol. The highest BCUT2D eigenvalue weighted by Gasteiger charge is 2.22. The molecule has 3 nitrogen and oxygen atoms in total. The fourth-order valence-electron chi connectivity index (χ4n) is 8.07. The van der Waals surface area contributed by atoms with Crippen LogP contribution in [0.2, 0.25) is 0 Å². The van der Waals surface area contributed by atoms with Crippen LogP contribution in [0.5, 0.6) is 0 Å². The summed E-state index contributed by atoms with van der Waals surface area (Å²) in [5, 5.41) is 8.77. The van der Waals surface area contributed by atoms with Crippen LogP contribution in [0, 0.1) is 0 Å². The first-order valence-corrected chi connectivity index (χ1v) is 18.4. The Kier molecular flexibility index (Phi) is 6.42. The van der Waals surface area contributed by atoms with Gasteiger partial charge in [-0.15, -0.1) is 11.3 Å². The first-order chi connectivity index (χ1) is 25.8. The van der Waals surface area contributed by atoms with E-state index in [2.05, 4.69) is 180 Å². The largest absolute Gasteiger partial charge is 0.309 e. The molecule has 0 radical (unpaired) electrons. The first kappa shape index (κ1) is 29.1. The quantitative estimate of drug-likeness (QED) is 0.185. The molecule has 0 aliphatic rings. The highest BCUT2D eigenvalue weighted by atomic mass is 32.1. The molecule has 0 N–H and O–H groups in total. The molecule has 0 saturated carbocycles. The Bertz CT molecular complexity index is 3190. The zero-order valence-corrected chi connectivity index (χ0v) is 28.8. The zero-order valence-electron chi connectivity index (χ0n) is 28.0. The number of aromatic nitrogens is 3. The van der Waals surface area contributed by atoms with E-state index in [1.165, 1.54) is 58.3 Å². The molecule has 11 rings (SSSR count). The van der Waals surface area contributed by atoms with Crippen LogP contribution in [-0.2, 0) is 0 Å². The molecular formula is C48H29N3S. The molecule has 0 spiro atoms. The van der Waals surface area contributed by atoms with Crippen molar-refractivity contribution in [3.8, 4) is 39.5 Å². The van der Waals surface area contributed by atoms with Crippen molar-refractivity contribution in [2.24, 2.45) is 0 Å². The summed E-state index contributed by atoms with van der Waals surface area (Å²) < 4.78 is 5.11. The van der Waals surface area contributed by atoms with Gasteiger partial charge in [0.25, 0.3) is 0 Å². The van der Waals surface area contributed by atoms with Crippen LogP contribution in [0.15, 0.2) is 176 Å². The lowest BCUT2D eigenvalue weighted by Crippen LogP contribution is -1.98. The fourth-order valence-corrected chi connectivity index (χ4v) is 9.32. The van der Waals surface area contributed by atoms with Gasteiger partial charge in [-0.1, -0.05) is 140 Å². The zero-order chi connectivity index (χ0) is 34.2. The van der Waals surface area contributed by atoms with Gasteiger partial charge in [-0.05, 0) is 47.5 Å². The van der Waals surface area contributed by atoms with E-state index in [-0.39, 0.29) is 0 Å². The van der Waals surface area contributed by atoms with Gasteiger partial charge in [-0.3, -0.25) is 0 Å². The standard InChI is InChI=1S/C48H29N3S/c1-2-14-30(15-3-1)31-16-12-17-32(28-31)45-37-22-6-9-25-40(37)49-48(50-45)33-18-13-19-34(29-33)51-41-26-10-7-23-38(41)43-44-39-24-8-11-27-42(39)52-47(44)36-21-5-4-20-35(36)46(43)51/h1-29H. The lowest BCUT2D eigenvalue weighted by atomic mass is 9.99. The van der Waals surface area contributed by atoms with Crippen molar-refractivity contribution >= 4 is 75.0 Å². The van der Waals surface area contributed by atoms with E-state index in [9.17, 15) is 0 Å². The number of fused-ring (bicyclic) bond motifs is 11. The summed E-state index contributed by atoms with van der Waals surface area (Å²) in [6.07, 6.45) is 0. The molecule has 0 aliphatic heterocycles. The Morgan fingerprint density at radius 1 is 0.423 bits per heavy atom. The summed E-state index contributed by atoms with van der Waals surface area (Å²) in [4.78, 5) is 10.5. The SMILES string of the molecule is c1ccc(-c2cccc(-c3nc(-c4cccc(-n5c6ccccc6c6c7c8ccccc8sc7c7ccccc7c65)c4)nc4ccccc34)c2)cc1. The summed E-state index contributed by atoms with van der Waals surface area (Å²) >= 11 is 1.89. The van der Waals surface area contributed by atoms with Gasteiger partial charge in [0.1, 0.15) is 0 Å². The van der Waals surface area contributed by atoms with Crippen LogP contribution >= 0.6 is 11.3 Å². The van der Waals surface area contributed by atoms with E-state index < -0.39 is 0 Å². The van der Waals surface area contributed by atoms with E-state index in [1.807, 2.05) is 11.3 Å². The van der Waals surface area contributed by atoms with Gasteiger partial charge in [0.05, 0.1) is 22.2 Å². The van der Waals surface area contributed by atoms with Gasteiger partial charge in [-0.25, -0.2) is 9.97 Å². The summed E-state index contributed by atoms with van der Waals surface area (Å²) in [6.45, 7) is 0. The Labute approximate surface area is 303 Å².